The van der Waals surface area contributed by atoms with Crippen LogP contribution in [0.25, 0.3) is 11.1 Å². The molecule has 0 aliphatic heterocycles. The van der Waals surface area contributed by atoms with E-state index >= 15 is 0 Å². The van der Waals surface area contributed by atoms with Gasteiger partial charge in [0.2, 0.25) is 5.69 Å². The Balaban J connectivity index is 1.60. The molecule has 0 atom stereocenters. The minimum Gasteiger partial charge on any atom is -0.497 e. The fourth-order valence-electron chi connectivity index (χ4n) is 3.48. The molecule has 0 bridgehead atoms. The molecule has 0 spiro atoms. The summed E-state index contributed by atoms with van der Waals surface area (Å²) in [6.45, 7) is 2.04. The molecule has 3 aromatic carbocycles. The number of methoxy groups -OCH3 is 1. The Labute approximate surface area is 220 Å². The first-order chi connectivity index (χ1) is 18.2. The molecule has 0 amide bonds. The minimum atomic E-state index is -4.78. The van der Waals surface area contributed by atoms with Crippen molar-refractivity contribution in [3.8, 4) is 34.3 Å². The van der Waals surface area contributed by atoms with Crippen LogP contribution in [-0.4, -0.2) is 41.0 Å². The topological polar surface area (TPSA) is 84.7 Å². The highest BCUT2D eigenvalue weighted by molar-refractivity contribution is 6.33. The summed E-state index contributed by atoms with van der Waals surface area (Å²) >= 11 is 6.47. The van der Waals surface area contributed by atoms with Crippen LogP contribution in [-0.2, 0) is 11.3 Å². The summed E-state index contributed by atoms with van der Waals surface area (Å²) < 4.78 is 58.9. The van der Waals surface area contributed by atoms with Gasteiger partial charge in [0.1, 0.15) is 17.2 Å². The van der Waals surface area contributed by atoms with Crippen molar-refractivity contribution < 1.29 is 36.9 Å². The Hall–Kier alpha value is -4.25. The second-order valence-corrected chi connectivity index (χ2v) is 8.19. The number of esters is 1. The van der Waals surface area contributed by atoms with E-state index < -0.39 is 12.3 Å². The van der Waals surface area contributed by atoms with E-state index in [1.54, 1.807) is 38.3 Å². The molecule has 38 heavy (non-hydrogen) atoms. The number of rotatable bonds is 9. The Bertz CT molecular complexity index is 1410. The van der Waals surface area contributed by atoms with Gasteiger partial charge in [-0.3, -0.25) is 0 Å². The van der Waals surface area contributed by atoms with Crippen molar-refractivity contribution in [2.75, 3.05) is 13.7 Å². The highest BCUT2D eigenvalue weighted by Crippen LogP contribution is 2.35. The van der Waals surface area contributed by atoms with E-state index in [0.29, 0.717) is 16.9 Å². The van der Waals surface area contributed by atoms with Crippen molar-refractivity contribution in [3.63, 3.8) is 0 Å². The lowest BCUT2D eigenvalue weighted by molar-refractivity contribution is -0.274. The van der Waals surface area contributed by atoms with Gasteiger partial charge in [0.05, 0.1) is 25.3 Å². The van der Waals surface area contributed by atoms with Gasteiger partial charge in [-0.05, 0) is 54.4 Å². The fraction of sp³-hybridized carbons (Fsp3) is 0.192. The van der Waals surface area contributed by atoms with E-state index in [0.717, 1.165) is 5.56 Å². The summed E-state index contributed by atoms with van der Waals surface area (Å²) in [7, 11) is 1.57. The molecule has 0 radical (unpaired) electrons. The van der Waals surface area contributed by atoms with Gasteiger partial charge in [-0.25, -0.2) is 9.48 Å². The highest BCUT2D eigenvalue weighted by Gasteiger charge is 2.31. The average molecular weight is 548 g/mol. The molecular formula is C26H21ClF3N3O5. The van der Waals surface area contributed by atoms with Gasteiger partial charge >= 0.3 is 12.3 Å². The normalized spacial score (nSPS) is 11.2. The van der Waals surface area contributed by atoms with Crippen LogP contribution in [0.15, 0.2) is 66.7 Å². The van der Waals surface area contributed by atoms with Crippen molar-refractivity contribution in [1.29, 1.82) is 0 Å². The first kappa shape index (κ1) is 26.8. The lowest BCUT2D eigenvalue weighted by Crippen LogP contribution is -2.16. The predicted octanol–water partition coefficient (Wildman–Crippen LogP) is 6.52. The number of halogens is 4. The van der Waals surface area contributed by atoms with Gasteiger partial charge in [0, 0.05) is 11.6 Å². The molecule has 4 aromatic rings. The van der Waals surface area contributed by atoms with Gasteiger partial charge in [0.15, 0.2) is 0 Å². The van der Waals surface area contributed by atoms with Crippen LogP contribution < -0.4 is 14.2 Å². The molecule has 4 rings (SSSR count). The molecule has 1 aromatic heterocycles. The Kier molecular flexibility index (Phi) is 8.06. The van der Waals surface area contributed by atoms with Crippen molar-refractivity contribution in [1.82, 2.24) is 15.0 Å². The number of benzene rings is 3. The second kappa shape index (κ2) is 11.4. The van der Waals surface area contributed by atoms with E-state index in [1.807, 2.05) is 12.1 Å². The summed E-state index contributed by atoms with van der Waals surface area (Å²) in [6.07, 6.45) is -4.78. The number of alkyl halides is 3. The Morgan fingerprint density at radius 2 is 1.63 bits per heavy atom. The van der Waals surface area contributed by atoms with Crippen molar-refractivity contribution in [3.05, 3.63) is 83.0 Å². The van der Waals surface area contributed by atoms with Crippen LogP contribution in [0.2, 0.25) is 5.02 Å². The number of nitrogens with zero attached hydrogens (tertiary/aromatic N) is 3. The zero-order valence-electron chi connectivity index (χ0n) is 20.2. The summed E-state index contributed by atoms with van der Waals surface area (Å²) in [5, 5.41) is 8.27. The fourth-order valence-corrected chi connectivity index (χ4v) is 3.76. The monoisotopic (exact) mass is 547 g/mol. The van der Waals surface area contributed by atoms with E-state index in [4.69, 9.17) is 25.8 Å². The van der Waals surface area contributed by atoms with E-state index in [1.165, 1.54) is 35.0 Å². The first-order valence-corrected chi connectivity index (χ1v) is 11.6. The third-order valence-electron chi connectivity index (χ3n) is 5.20. The molecule has 12 heteroatoms. The molecule has 0 aliphatic carbocycles. The third-order valence-corrected chi connectivity index (χ3v) is 5.52. The Morgan fingerprint density at radius 3 is 2.24 bits per heavy atom. The summed E-state index contributed by atoms with van der Waals surface area (Å²) in [4.78, 5) is 12.5. The Morgan fingerprint density at radius 1 is 0.974 bits per heavy atom. The number of aromatic nitrogens is 3. The zero-order valence-corrected chi connectivity index (χ0v) is 20.9. The number of carbonyl (C=O) groups is 1. The molecule has 198 valence electrons. The zero-order chi connectivity index (χ0) is 27.3. The van der Waals surface area contributed by atoms with Gasteiger partial charge in [0.25, 0.3) is 5.88 Å². The van der Waals surface area contributed by atoms with Gasteiger partial charge < -0.3 is 18.9 Å². The maximum absolute atomic E-state index is 12.5. The number of hydrogen-bond acceptors (Lipinski definition) is 7. The van der Waals surface area contributed by atoms with Crippen molar-refractivity contribution in [2.45, 2.75) is 19.8 Å². The number of hydrogen-bond donors (Lipinski definition) is 0. The van der Waals surface area contributed by atoms with E-state index in [9.17, 15) is 18.0 Å². The van der Waals surface area contributed by atoms with Crippen LogP contribution >= 0.6 is 11.6 Å². The van der Waals surface area contributed by atoms with Gasteiger partial charge in [-0.15, -0.1) is 18.3 Å². The smallest absolute Gasteiger partial charge is 0.497 e. The van der Waals surface area contributed by atoms with E-state index in [-0.39, 0.29) is 41.2 Å². The van der Waals surface area contributed by atoms with Crippen LogP contribution in [0.3, 0.4) is 0 Å². The van der Waals surface area contributed by atoms with Crippen LogP contribution in [0, 0.1) is 0 Å². The SMILES string of the molecule is CCOC(=O)c1nnn(Cc2ccc(OC)cc2)c1Oc1ccc(-c2ccc(OC(F)(F)F)cc2)c(Cl)c1. The predicted molar refractivity (Wildman–Crippen MR) is 132 cm³/mol. The molecule has 0 N–H and O–H groups in total. The van der Waals surface area contributed by atoms with Crippen LogP contribution in [0.1, 0.15) is 23.0 Å². The van der Waals surface area contributed by atoms with E-state index in [2.05, 4.69) is 15.0 Å². The molecule has 0 saturated heterocycles. The highest BCUT2D eigenvalue weighted by atomic mass is 35.5. The summed E-state index contributed by atoms with van der Waals surface area (Å²) in [5.74, 6) is -0.0292. The third kappa shape index (κ3) is 6.54. The minimum absolute atomic E-state index is 0.0525. The standard InChI is InChI=1S/C26H21ClF3N3O5/c1-3-36-25(34)23-24(33(32-31-23)15-16-4-8-18(35-2)9-5-16)37-20-12-13-21(22(27)14-20)17-6-10-19(11-7-17)38-26(28,29)30/h4-14H,3,15H2,1-2H3. The van der Waals surface area contributed by atoms with Crippen LogP contribution in [0.4, 0.5) is 13.2 Å². The summed E-state index contributed by atoms with van der Waals surface area (Å²) in [6, 6.07) is 17.3. The van der Waals surface area contributed by atoms with Crippen LogP contribution in [0.5, 0.6) is 23.1 Å². The first-order valence-electron chi connectivity index (χ1n) is 11.2. The molecule has 1 heterocycles. The van der Waals surface area contributed by atoms with Gasteiger partial charge in [-0.2, -0.15) is 0 Å². The number of carbonyl (C=O) groups excluding carboxylic acids is 1. The van der Waals surface area contributed by atoms with Crippen molar-refractivity contribution in [2.24, 2.45) is 0 Å². The lowest BCUT2D eigenvalue weighted by atomic mass is 10.1. The second-order valence-electron chi connectivity index (χ2n) is 7.79. The maximum atomic E-state index is 12.5. The summed E-state index contributed by atoms with van der Waals surface area (Å²) in [5.41, 5.74) is 1.85. The molecule has 8 nitrogen and oxygen atoms in total. The quantitative estimate of drug-likeness (QED) is 0.220. The molecular weight excluding hydrogens is 527 g/mol. The largest absolute Gasteiger partial charge is 0.573 e. The maximum Gasteiger partial charge on any atom is 0.573 e. The molecule has 0 fully saturated rings. The number of ether oxygens (including phenoxy) is 4. The lowest BCUT2D eigenvalue weighted by Gasteiger charge is -2.12. The molecule has 0 saturated carbocycles. The van der Waals surface area contributed by atoms with Gasteiger partial charge in [-0.1, -0.05) is 41.1 Å². The molecule has 0 aliphatic rings. The molecule has 0 unspecified atom stereocenters. The average Bonchev–Trinajstić information content (AvgIpc) is 3.26. The van der Waals surface area contributed by atoms with Crippen molar-refractivity contribution >= 4 is 17.6 Å².